The SMILES string of the molecule is Cc1ccc(-c2nc(SCC(=O)NC(=O)NCCC(C)C)n[nH]2)cc1. The van der Waals surface area contributed by atoms with Crippen LogP contribution in [-0.2, 0) is 4.79 Å². The first-order chi connectivity index (χ1) is 11.9. The van der Waals surface area contributed by atoms with Gasteiger partial charge in [-0.05, 0) is 19.3 Å². The summed E-state index contributed by atoms with van der Waals surface area (Å²) in [6, 6.07) is 7.44. The molecule has 0 aliphatic rings. The van der Waals surface area contributed by atoms with E-state index in [0.29, 0.717) is 23.4 Å². The van der Waals surface area contributed by atoms with Gasteiger partial charge >= 0.3 is 6.03 Å². The van der Waals surface area contributed by atoms with Crippen LogP contribution >= 0.6 is 11.8 Å². The standard InChI is InChI=1S/C17H23N5O2S/c1-11(2)8-9-18-16(24)19-14(23)10-25-17-20-15(21-22-17)13-6-4-12(3)5-7-13/h4-7,11H,8-10H2,1-3H3,(H,20,21,22)(H2,18,19,23,24). The number of hydrogen-bond acceptors (Lipinski definition) is 5. The normalized spacial score (nSPS) is 10.7. The van der Waals surface area contributed by atoms with Crippen LogP contribution in [0.4, 0.5) is 4.79 Å². The van der Waals surface area contributed by atoms with Gasteiger partial charge in [0.25, 0.3) is 0 Å². The van der Waals surface area contributed by atoms with E-state index in [0.717, 1.165) is 12.0 Å². The highest BCUT2D eigenvalue weighted by molar-refractivity contribution is 7.99. The third-order valence-corrected chi connectivity index (χ3v) is 4.23. The maximum absolute atomic E-state index is 11.8. The third-order valence-electron chi connectivity index (χ3n) is 3.38. The molecule has 3 N–H and O–H groups in total. The Hall–Kier alpha value is -2.35. The van der Waals surface area contributed by atoms with Crippen molar-refractivity contribution in [2.75, 3.05) is 12.3 Å². The second-order valence-electron chi connectivity index (χ2n) is 6.11. The van der Waals surface area contributed by atoms with Gasteiger partial charge in [0.05, 0.1) is 5.75 Å². The third kappa shape index (κ3) is 6.58. The number of imide groups is 1. The van der Waals surface area contributed by atoms with Crippen LogP contribution in [0.2, 0.25) is 0 Å². The Labute approximate surface area is 151 Å². The van der Waals surface area contributed by atoms with Gasteiger partial charge in [-0.1, -0.05) is 55.4 Å². The highest BCUT2D eigenvalue weighted by Gasteiger charge is 2.11. The fraction of sp³-hybridized carbons (Fsp3) is 0.412. The van der Waals surface area contributed by atoms with Crippen LogP contribution < -0.4 is 10.6 Å². The Morgan fingerprint density at radius 1 is 1.24 bits per heavy atom. The van der Waals surface area contributed by atoms with Crippen LogP contribution in [0.3, 0.4) is 0 Å². The minimum atomic E-state index is -0.471. The first-order valence-corrected chi connectivity index (χ1v) is 9.12. The van der Waals surface area contributed by atoms with E-state index in [4.69, 9.17) is 0 Å². The van der Waals surface area contributed by atoms with Crippen LogP contribution in [0, 0.1) is 12.8 Å². The van der Waals surface area contributed by atoms with Gasteiger partial charge in [-0.15, -0.1) is 5.10 Å². The maximum Gasteiger partial charge on any atom is 0.321 e. The number of nitrogens with zero attached hydrogens (tertiary/aromatic N) is 2. The molecule has 0 fully saturated rings. The van der Waals surface area contributed by atoms with E-state index in [2.05, 4.69) is 39.7 Å². The number of thioether (sulfide) groups is 1. The zero-order valence-electron chi connectivity index (χ0n) is 14.6. The number of aryl methyl sites for hydroxylation is 1. The van der Waals surface area contributed by atoms with Crippen LogP contribution in [0.1, 0.15) is 25.8 Å². The molecule has 2 aromatic rings. The molecule has 0 aliphatic carbocycles. The topological polar surface area (TPSA) is 99.8 Å². The molecule has 2 rings (SSSR count). The number of benzene rings is 1. The molecule has 3 amide bonds. The van der Waals surface area contributed by atoms with Gasteiger partial charge in [0.2, 0.25) is 11.1 Å². The number of aromatic amines is 1. The Bertz CT molecular complexity index is 712. The van der Waals surface area contributed by atoms with Gasteiger partial charge in [0, 0.05) is 12.1 Å². The summed E-state index contributed by atoms with van der Waals surface area (Å²) in [6.07, 6.45) is 0.870. The van der Waals surface area contributed by atoms with Crippen molar-refractivity contribution >= 4 is 23.7 Å². The predicted molar refractivity (Wildman–Crippen MR) is 98.3 cm³/mol. The molecule has 25 heavy (non-hydrogen) atoms. The van der Waals surface area contributed by atoms with Gasteiger partial charge in [-0.25, -0.2) is 9.78 Å². The lowest BCUT2D eigenvalue weighted by Crippen LogP contribution is -2.40. The largest absolute Gasteiger partial charge is 0.338 e. The highest BCUT2D eigenvalue weighted by atomic mass is 32.2. The Morgan fingerprint density at radius 3 is 2.64 bits per heavy atom. The molecule has 8 heteroatoms. The molecule has 1 aromatic carbocycles. The van der Waals surface area contributed by atoms with Crippen LogP contribution in [0.15, 0.2) is 29.4 Å². The Morgan fingerprint density at radius 2 is 1.96 bits per heavy atom. The molecule has 0 saturated heterocycles. The number of H-pyrrole nitrogens is 1. The molecular formula is C17H23N5O2S. The van der Waals surface area contributed by atoms with Gasteiger partial charge in [-0.2, -0.15) is 0 Å². The summed E-state index contributed by atoms with van der Waals surface area (Å²) >= 11 is 1.17. The number of urea groups is 1. The molecule has 0 saturated carbocycles. The van der Waals surface area contributed by atoms with Crippen molar-refractivity contribution < 1.29 is 9.59 Å². The van der Waals surface area contributed by atoms with Crippen molar-refractivity contribution in [1.29, 1.82) is 0 Å². The van der Waals surface area contributed by atoms with Gasteiger partial charge in [-0.3, -0.25) is 15.2 Å². The van der Waals surface area contributed by atoms with Crippen molar-refractivity contribution in [3.63, 3.8) is 0 Å². The van der Waals surface area contributed by atoms with E-state index in [1.54, 1.807) is 0 Å². The number of nitrogens with one attached hydrogen (secondary N) is 3. The zero-order valence-corrected chi connectivity index (χ0v) is 15.4. The van der Waals surface area contributed by atoms with Crippen molar-refractivity contribution in [3.05, 3.63) is 29.8 Å². The van der Waals surface area contributed by atoms with Crippen molar-refractivity contribution in [3.8, 4) is 11.4 Å². The minimum Gasteiger partial charge on any atom is -0.338 e. The van der Waals surface area contributed by atoms with Crippen LogP contribution in [0.25, 0.3) is 11.4 Å². The number of carbonyl (C=O) groups excluding carboxylic acids is 2. The average Bonchev–Trinajstić information content (AvgIpc) is 3.02. The molecular weight excluding hydrogens is 338 g/mol. The molecule has 0 radical (unpaired) electrons. The second-order valence-corrected chi connectivity index (χ2v) is 7.05. The van der Waals surface area contributed by atoms with Crippen LogP contribution in [-0.4, -0.2) is 39.4 Å². The minimum absolute atomic E-state index is 0.0722. The first kappa shape index (κ1) is 19.0. The summed E-state index contributed by atoms with van der Waals surface area (Å²) in [5.41, 5.74) is 2.10. The molecule has 0 aliphatic heterocycles. The van der Waals surface area contributed by atoms with E-state index >= 15 is 0 Å². The summed E-state index contributed by atoms with van der Waals surface area (Å²) in [4.78, 5) is 27.7. The predicted octanol–water partition coefficient (Wildman–Crippen LogP) is 2.74. The van der Waals surface area contributed by atoms with E-state index in [1.165, 1.54) is 17.3 Å². The number of hydrogen-bond donors (Lipinski definition) is 3. The van der Waals surface area contributed by atoms with Gasteiger partial charge in [0.15, 0.2) is 5.82 Å². The summed E-state index contributed by atoms with van der Waals surface area (Å²) < 4.78 is 0. The summed E-state index contributed by atoms with van der Waals surface area (Å²) in [7, 11) is 0. The summed E-state index contributed by atoms with van der Waals surface area (Å²) in [5, 5.41) is 12.3. The number of amides is 3. The van der Waals surface area contributed by atoms with Gasteiger partial charge in [0.1, 0.15) is 0 Å². The monoisotopic (exact) mass is 361 g/mol. The number of rotatable bonds is 7. The van der Waals surface area contributed by atoms with E-state index in [1.807, 2.05) is 31.2 Å². The molecule has 7 nitrogen and oxygen atoms in total. The highest BCUT2D eigenvalue weighted by Crippen LogP contribution is 2.19. The van der Waals surface area contributed by atoms with E-state index in [9.17, 15) is 9.59 Å². The lowest BCUT2D eigenvalue weighted by molar-refractivity contribution is -0.117. The molecule has 1 aromatic heterocycles. The van der Waals surface area contributed by atoms with Crippen molar-refractivity contribution in [1.82, 2.24) is 25.8 Å². The summed E-state index contributed by atoms with van der Waals surface area (Å²) in [6.45, 7) is 6.71. The maximum atomic E-state index is 11.8. The Kier molecular flexibility index (Phi) is 7.00. The molecule has 0 spiro atoms. The second kappa shape index (κ2) is 9.22. The molecule has 0 unspecified atom stereocenters. The average molecular weight is 361 g/mol. The quantitative estimate of drug-likeness (QED) is 0.659. The zero-order chi connectivity index (χ0) is 18.2. The number of carbonyl (C=O) groups is 2. The molecule has 134 valence electrons. The summed E-state index contributed by atoms with van der Waals surface area (Å²) in [5.74, 6) is 0.839. The fourth-order valence-corrected chi connectivity index (χ4v) is 2.56. The lowest BCUT2D eigenvalue weighted by Gasteiger charge is -2.07. The lowest BCUT2D eigenvalue weighted by atomic mass is 10.1. The van der Waals surface area contributed by atoms with E-state index < -0.39 is 6.03 Å². The molecule has 0 atom stereocenters. The Balaban J connectivity index is 1.76. The van der Waals surface area contributed by atoms with E-state index in [-0.39, 0.29) is 11.7 Å². The van der Waals surface area contributed by atoms with Gasteiger partial charge < -0.3 is 5.32 Å². The number of aromatic nitrogens is 3. The fourth-order valence-electron chi connectivity index (χ4n) is 1.96. The molecule has 0 bridgehead atoms. The van der Waals surface area contributed by atoms with Crippen molar-refractivity contribution in [2.24, 2.45) is 5.92 Å². The van der Waals surface area contributed by atoms with Crippen molar-refractivity contribution in [2.45, 2.75) is 32.3 Å². The first-order valence-electron chi connectivity index (χ1n) is 8.14. The molecule has 1 heterocycles. The smallest absolute Gasteiger partial charge is 0.321 e. The van der Waals surface area contributed by atoms with Crippen LogP contribution in [0.5, 0.6) is 0 Å².